The Hall–Kier alpha value is -3.12. The Morgan fingerprint density at radius 3 is 2.54 bits per heavy atom. The van der Waals surface area contributed by atoms with E-state index in [1.807, 2.05) is 32.0 Å². The maximum absolute atomic E-state index is 12.2. The lowest BCUT2D eigenvalue weighted by molar-refractivity contribution is -0.124. The number of carbonyl (C=O) groups excluding carboxylic acids is 1. The highest BCUT2D eigenvalue weighted by atomic mass is 16.5. The fourth-order valence-electron chi connectivity index (χ4n) is 2.81. The van der Waals surface area contributed by atoms with E-state index in [4.69, 9.17) is 9.15 Å². The number of carbonyl (C=O) groups is 1. The quantitative estimate of drug-likeness (QED) is 0.614. The van der Waals surface area contributed by atoms with Crippen LogP contribution in [0.1, 0.15) is 13.8 Å². The summed E-state index contributed by atoms with van der Waals surface area (Å²) in [6, 6.07) is 15.7. The highest BCUT2D eigenvalue weighted by Crippen LogP contribution is 2.23. The Morgan fingerprint density at radius 2 is 1.86 bits per heavy atom. The number of rotatable bonds is 7. The van der Waals surface area contributed by atoms with Crippen molar-refractivity contribution < 1.29 is 19.1 Å². The van der Waals surface area contributed by atoms with E-state index in [-0.39, 0.29) is 31.1 Å². The summed E-state index contributed by atoms with van der Waals surface area (Å²) in [7, 11) is 0. The van der Waals surface area contributed by atoms with E-state index in [1.54, 1.807) is 36.4 Å². The Kier molecular flexibility index (Phi) is 6.11. The molecule has 28 heavy (non-hydrogen) atoms. The van der Waals surface area contributed by atoms with Gasteiger partial charge < -0.3 is 19.6 Å². The Morgan fingerprint density at radius 1 is 1.14 bits per heavy atom. The van der Waals surface area contributed by atoms with E-state index >= 15 is 0 Å². The zero-order valence-corrected chi connectivity index (χ0v) is 15.8. The number of nitrogens with one attached hydrogen (secondary N) is 1. The molecule has 2 aromatic carbocycles. The summed E-state index contributed by atoms with van der Waals surface area (Å²) < 4.78 is 10.9. The van der Waals surface area contributed by atoms with E-state index in [1.165, 1.54) is 0 Å². The monoisotopic (exact) mass is 381 g/mol. The molecule has 3 aromatic rings. The van der Waals surface area contributed by atoms with Crippen LogP contribution in [0.5, 0.6) is 5.75 Å². The standard InChI is InChI=1S/C22H23NO5/c1-14(2)19(12-24)23-21(25)13-27-17-9-7-15(8-10-17)18-11-16-5-3-4-6-20(16)28-22(18)26/h3-11,14,19,24H,12-13H2,1-2H3,(H,23,25)/t19-/m1/s1. The molecule has 1 heterocycles. The van der Waals surface area contributed by atoms with Gasteiger partial charge in [0.25, 0.3) is 5.91 Å². The number of aliphatic hydroxyl groups excluding tert-OH is 1. The van der Waals surface area contributed by atoms with Gasteiger partial charge in [-0.3, -0.25) is 4.79 Å². The van der Waals surface area contributed by atoms with Gasteiger partial charge >= 0.3 is 5.63 Å². The molecule has 0 saturated carbocycles. The first-order chi connectivity index (χ1) is 13.5. The molecule has 6 heteroatoms. The van der Waals surface area contributed by atoms with Crippen molar-refractivity contribution in [2.75, 3.05) is 13.2 Å². The van der Waals surface area contributed by atoms with Crippen LogP contribution in [-0.4, -0.2) is 30.3 Å². The van der Waals surface area contributed by atoms with Gasteiger partial charge in [-0.15, -0.1) is 0 Å². The van der Waals surface area contributed by atoms with Crippen LogP contribution in [0.4, 0.5) is 0 Å². The molecule has 1 aromatic heterocycles. The van der Waals surface area contributed by atoms with E-state index in [2.05, 4.69) is 5.32 Å². The van der Waals surface area contributed by atoms with Gasteiger partial charge in [-0.1, -0.05) is 44.2 Å². The first-order valence-electron chi connectivity index (χ1n) is 9.14. The van der Waals surface area contributed by atoms with Crippen LogP contribution in [0, 0.1) is 5.92 Å². The lowest BCUT2D eigenvalue weighted by Gasteiger charge is -2.19. The molecular weight excluding hydrogens is 358 g/mol. The third-order valence-corrected chi connectivity index (χ3v) is 4.52. The summed E-state index contributed by atoms with van der Waals surface area (Å²) in [5.74, 6) is 0.336. The number of amides is 1. The van der Waals surface area contributed by atoms with Crippen LogP contribution in [0.25, 0.3) is 22.1 Å². The molecule has 2 N–H and O–H groups in total. The van der Waals surface area contributed by atoms with E-state index < -0.39 is 5.63 Å². The van der Waals surface area contributed by atoms with Gasteiger partial charge in [0.1, 0.15) is 11.3 Å². The molecule has 0 aliphatic carbocycles. The average Bonchev–Trinajstić information content (AvgIpc) is 2.70. The van der Waals surface area contributed by atoms with Crippen molar-refractivity contribution in [1.82, 2.24) is 5.32 Å². The largest absolute Gasteiger partial charge is 0.484 e. The van der Waals surface area contributed by atoms with Gasteiger partial charge in [-0.2, -0.15) is 0 Å². The van der Waals surface area contributed by atoms with Crippen LogP contribution in [0.15, 0.2) is 63.8 Å². The normalized spacial score (nSPS) is 12.1. The smallest absolute Gasteiger partial charge is 0.344 e. The molecule has 0 unspecified atom stereocenters. The van der Waals surface area contributed by atoms with E-state index in [0.717, 1.165) is 5.39 Å². The van der Waals surface area contributed by atoms with Gasteiger partial charge in [-0.05, 0) is 35.7 Å². The van der Waals surface area contributed by atoms with Crippen molar-refractivity contribution in [1.29, 1.82) is 0 Å². The molecule has 6 nitrogen and oxygen atoms in total. The number of hydrogen-bond acceptors (Lipinski definition) is 5. The number of para-hydroxylation sites is 1. The van der Waals surface area contributed by atoms with Crippen LogP contribution in [0.3, 0.4) is 0 Å². The summed E-state index contributed by atoms with van der Waals surface area (Å²) >= 11 is 0. The minimum Gasteiger partial charge on any atom is -0.484 e. The Labute approximate surface area is 162 Å². The molecule has 3 rings (SSSR count). The fourth-order valence-corrected chi connectivity index (χ4v) is 2.81. The van der Waals surface area contributed by atoms with Gasteiger partial charge in [0, 0.05) is 5.39 Å². The third-order valence-electron chi connectivity index (χ3n) is 4.52. The zero-order valence-electron chi connectivity index (χ0n) is 15.8. The predicted octanol–water partition coefficient (Wildman–Crippen LogP) is 2.97. The molecule has 0 aliphatic rings. The second kappa shape index (κ2) is 8.71. The minimum absolute atomic E-state index is 0.119. The summed E-state index contributed by atoms with van der Waals surface area (Å²) in [6.45, 7) is 3.57. The first-order valence-corrected chi connectivity index (χ1v) is 9.14. The highest BCUT2D eigenvalue weighted by molar-refractivity contribution is 5.81. The van der Waals surface area contributed by atoms with Crippen molar-refractivity contribution in [3.05, 3.63) is 65.0 Å². The maximum atomic E-state index is 12.2. The molecule has 0 radical (unpaired) electrons. The van der Waals surface area contributed by atoms with Crippen molar-refractivity contribution in [3.8, 4) is 16.9 Å². The number of benzene rings is 2. The maximum Gasteiger partial charge on any atom is 0.344 e. The van der Waals surface area contributed by atoms with Gasteiger partial charge in [0.05, 0.1) is 18.2 Å². The SMILES string of the molecule is CC(C)[C@@H](CO)NC(=O)COc1ccc(-c2cc3ccccc3oc2=O)cc1. The van der Waals surface area contributed by atoms with Crippen LogP contribution < -0.4 is 15.7 Å². The first kappa shape index (κ1) is 19.6. The topological polar surface area (TPSA) is 88.8 Å². The van der Waals surface area contributed by atoms with Crippen LogP contribution in [-0.2, 0) is 4.79 Å². The summed E-state index contributed by atoms with van der Waals surface area (Å²) in [4.78, 5) is 24.2. The molecule has 0 aliphatic heterocycles. The number of fused-ring (bicyclic) bond motifs is 1. The summed E-state index contributed by atoms with van der Waals surface area (Å²) in [6.07, 6.45) is 0. The highest BCUT2D eigenvalue weighted by Gasteiger charge is 2.15. The van der Waals surface area contributed by atoms with Gasteiger partial charge in [0.2, 0.25) is 0 Å². The van der Waals surface area contributed by atoms with Crippen LogP contribution >= 0.6 is 0 Å². The van der Waals surface area contributed by atoms with Gasteiger partial charge in [-0.25, -0.2) is 4.79 Å². The lowest BCUT2D eigenvalue weighted by Crippen LogP contribution is -2.43. The minimum atomic E-state index is -0.407. The Bertz CT molecular complexity index is 1010. The van der Waals surface area contributed by atoms with Crippen molar-refractivity contribution in [2.45, 2.75) is 19.9 Å². The molecule has 0 fully saturated rings. The lowest BCUT2D eigenvalue weighted by atomic mass is 10.1. The molecule has 1 atom stereocenters. The van der Waals surface area contributed by atoms with E-state index in [9.17, 15) is 14.7 Å². The molecule has 146 valence electrons. The molecule has 0 spiro atoms. The number of hydrogen-bond donors (Lipinski definition) is 2. The van der Waals surface area contributed by atoms with Crippen molar-refractivity contribution in [3.63, 3.8) is 0 Å². The Balaban J connectivity index is 1.68. The van der Waals surface area contributed by atoms with Crippen LogP contribution in [0.2, 0.25) is 0 Å². The molecule has 1 amide bonds. The third kappa shape index (κ3) is 4.58. The second-order valence-electron chi connectivity index (χ2n) is 6.90. The molecule has 0 saturated heterocycles. The predicted molar refractivity (Wildman–Crippen MR) is 107 cm³/mol. The zero-order chi connectivity index (χ0) is 20.1. The molecular formula is C22H23NO5. The summed E-state index contributed by atoms with van der Waals surface area (Å²) in [5, 5.41) is 12.8. The van der Waals surface area contributed by atoms with E-state index in [0.29, 0.717) is 22.5 Å². The number of ether oxygens (including phenoxy) is 1. The van der Waals surface area contributed by atoms with Crippen molar-refractivity contribution in [2.24, 2.45) is 5.92 Å². The van der Waals surface area contributed by atoms with Gasteiger partial charge in [0.15, 0.2) is 6.61 Å². The second-order valence-corrected chi connectivity index (χ2v) is 6.90. The summed E-state index contributed by atoms with van der Waals surface area (Å²) in [5.41, 5.74) is 1.31. The number of aliphatic hydroxyl groups is 1. The molecule has 0 bridgehead atoms. The average molecular weight is 381 g/mol. The van der Waals surface area contributed by atoms with Crippen molar-refractivity contribution >= 4 is 16.9 Å². The fraction of sp³-hybridized carbons (Fsp3) is 0.273.